The molecule has 21 heavy (non-hydrogen) atoms. The fourth-order valence-electron chi connectivity index (χ4n) is 2.78. The number of nitrogens with one attached hydrogen (secondary N) is 1. The predicted octanol–water partition coefficient (Wildman–Crippen LogP) is 4.73. The molecule has 1 aliphatic rings. The lowest BCUT2D eigenvalue weighted by Crippen LogP contribution is -2.19. The van der Waals surface area contributed by atoms with E-state index in [9.17, 15) is 17.6 Å². The van der Waals surface area contributed by atoms with Crippen molar-refractivity contribution in [3.05, 3.63) is 64.7 Å². The van der Waals surface area contributed by atoms with Crippen LogP contribution in [0, 0.1) is 23.3 Å². The number of rotatable bonds is 2. The van der Waals surface area contributed by atoms with Crippen molar-refractivity contribution in [1.82, 2.24) is 0 Å². The summed E-state index contributed by atoms with van der Waals surface area (Å²) < 4.78 is 54.0. The van der Waals surface area contributed by atoms with Crippen molar-refractivity contribution >= 4 is 5.69 Å². The maximum atomic E-state index is 13.7. The Morgan fingerprint density at radius 2 is 1.62 bits per heavy atom. The summed E-state index contributed by atoms with van der Waals surface area (Å²) >= 11 is 0. The second kappa shape index (κ2) is 5.39. The third-order valence-corrected chi connectivity index (χ3v) is 3.80. The largest absolute Gasteiger partial charge is 0.373 e. The van der Waals surface area contributed by atoms with Crippen LogP contribution in [0.4, 0.5) is 23.2 Å². The van der Waals surface area contributed by atoms with Crippen molar-refractivity contribution < 1.29 is 17.6 Å². The molecule has 2 aromatic carbocycles. The van der Waals surface area contributed by atoms with Crippen LogP contribution < -0.4 is 5.32 Å². The second-order valence-corrected chi connectivity index (χ2v) is 5.13. The Kier molecular flexibility index (Phi) is 3.57. The van der Waals surface area contributed by atoms with Crippen LogP contribution in [-0.2, 0) is 6.42 Å². The fraction of sp³-hybridized carbons (Fsp3) is 0.250. The Bertz CT molecular complexity index is 658. The Labute approximate surface area is 119 Å². The smallest absolute Gasteiger partial charge is 0.185 e. The number of hydrogen-bond donors (Lipinski definition) is 1. The first kappa shape index (κ1) is 13.9. The topological polar surface area (TPSA) is 12.0 Å². The van der Waals surface area contributed by atoms with Gasteiger partial charge in [-0.2, -0.15) is 0 Å². The number of fused-ring (bicyclic) bond motifs is 1. The standard InChI is InChI=1S/C16H13F4N/c17-11-8-12(18)15(20)16(14(11)19)21-13-7-3-5-9-4-1-2-6-10(9)13/h1-2,4,6,8,13,21H,3,5,7H2. The lowest BCUT2D eigenvalue weighted by atomic mass is 9.87. The molecule has 0 saturated heterocycles. The second-order valence-electron chi connectivity index (χ2n) is 5.13. The van der Waals surface area contributed by atoms with E-state index in [1.165, 1.54) is 0 Å². The molecule has 0 radical (unpaired) electrons. The van der Waals surface area contributed by atoms with Crippen LogP contribution in [0.5, 0.6) is 0 Å². The number of hydrogen-bond acceptors (Lipinski definition) is 1. The number of aryl methyl sites for hydroxylation is 1. The average molecular weight is 295 g/mol. The van der Waals surface area contributed by atoms with Gasteiger partial charge in [-0.3, -0.25) is 0 Å². The monoisotopic (exact) mass is 295 g/mol. The van der Waals surface area contributed by atoms with Gasteiger partial charge < -0.3 is 5.32 Å². The van der Waals surface area contributed by atoms with Gasteiger partial charge >= 0.3 is 0 Å². The van der Waals surface area contributed by atoms with Crippen molar-refractivity contribution in [2.24, 2.45) is 0 Å². The van der Waals surface area contributed by atoms with Crippen LogP contribution in [0.1, 0.15) is 30.0 Å². The zero-order valence-corrected chi connectivity index (χ0v) is 11.1. The van der Waals surface area contributed by atoms with Crippen molar-refractivity contribution in [2.75, 3.05) is 5.32 Å². The summed E-state index contributed by atoms with van der Waals surface area (Å²) in [6.45, 7) is 0. The first-order valence-electron chi connectivity index (χ1n) is 6.75. The van der Waals surface area contributed by atoms with Crippen molar-refractivity contribution in [2.45, 2.75) is 25.3 Å². The van der Waals surface area contributed by atoms with Crippen LogP contribution in [0.25, 0.3) is 0 Å². The molecule has 0 aliphatic heterocycles. The van der Waals surface area contributed by atoms with Gasteiger partial charge in [0.05, 0.1) is 6.04 Å². The zero-order valence-electron chi connectivity index (χ0n) is 11.1. The van der Waals surface area contributed by atoms with E-state index in [0.717, 1.165) is 24.0 Å². The minimum atomic E-state index is -1.40. The fourth-order valence-corrected chi connectivity index (χ4v) is 2.78. The summed E-state index contributed by atoms with van der Waals surface area (Å²) in [6, 6.07) is 7.38. The van der Waals surface area contributed by atoms with E-state index < -0.39 is 29.0 Å². The molecule has 0 bridgehead atoms. The van der Waals surface area contributed by atoms with E-state index in [2.05, 4.69) is 5.32 Å². The van der Waals surface area contributed by atoms with E-state index >= 15 is 0 Å². The molecule has 0 aromatic heterocycles. The Morgan fingerprint density at radius 3 is 2.33 bits per heavy atom. The van der Waals surface area contributed by atoms with Gasteiger partial charge in [0.1, 0.15) is 5.69 Å². The van der Waals surface area contributed by atoms with Gasteiger partial charge in [-0.25, -0.2) is 17.6 Å². The lowest BCUT2D eigenvalue weighted by molar-refractivity contribution is 0.454. The van der Waals surface area contributed by atoms with Crippen LogP contribution in [0.3, 0.4) is 0 Å². The molecule has 1 aliphatic carbocycles. The average Bonchev–Trinajstić information content (AvgIpc) is 2.50. The van der Waals surface area contributed by atoms with Crippen LogP contribution in [0.15, 0.2) is 30.3 Å². The summed E-state index contributed by atoms with van der Waals surface area (Å²) in [5.74, 6) is -5.59. The summed E-state index contributed by atoms with van der Waals surface area (Å²) in [5.41, 5.74) is 1.25. The van der Waals surface area contributed by atoms with Gasteiger partial charge in [-0.1, -0.05) is 24.3 Å². The molecule has 1 N–H and O–H groups in total. The van der Waals surface area contributed by atoms with Crippen molar-refractivity contribution in [3.8, 4) is 0 Å². The third kappa shape index (κ3) is 2.48. The number of halogens is 4. The highest BCUT2D eigenvalue weighted by Crippen LogP contribution is 2.34. The highest BCUT2D eigenvalue weighted by atomic mass is 19.2. The first-order chi connectivity index (χ1) is 10.1. The summed E-state index contributed by atoms with van der Waals surface area (Å²) in [7, 11) is 0. The quantitative estimate of drug-likeness (QED) is 0.623. The van der Waals surface area contributed by atoms with Crippen LogP contribution >= 0.6 is 0 Å². The minimum absolute atomic E-state index is 0.213. The van der Waals surface area contributed by atoms with Crippen molar-refractivity contribution in [3.63, 3.8) is 0 Å². The molecule has 0 heterocycles. The molecule has 1 atom stereocenters. The van der Waals surface area contributed by atoms with Gasteiger partial charge in [0.25, 0.3) is 0 Å². The summed E-state index contributed by atoms with van der Waals surface area (Å²) in [5, 5.41) is 2.63. The molecule has 2 aromatic rings. The van der Waals surface area contributed by atoms with E-state index in [1.54, 1.807) is 0 Å². The molecule has 0 spiro atoms. The normalized spacial score (nSPS) is 17.4. The lowest BCUT2D eigenvalue weighted by Gasteiger charge is -2.27. The molecular formula is C16H13F4N. The Morgan fingerprint density at radius 1 is 0.952 bits per heavy atom. The van der Waals surface area contributed by atoms with Gasteiger partial charge in [0, 0.05) is 6.07 Å². The molecule has 0 amide bonds. The first-order valence-corrected chi connectivity index (χ1v) is 6.75. The van der Waals surface area contributed by atoms with Gasteiger partial charge in [-0.15, -0.1) is 0 Å². The Balaban J connectivity index is 1.99. The molecule has 5 heteroatoms. The molecular weight excluding hydrogens is 282 g/mol. The van der Waals surface area contributed by atoms with Gasteiger partial charge in [0.2, 0.25) is 0 Å². The van der Waals surface area contributed by atoms with Gasteiger partial charge in [0.15, 0.2) is 23.3 Å². The third-order valence-electron chi connectivity index (χ3n) is 3.80. The zero-order chi connectivity index (χ0) is 15.0. The van der Waals surface area contributed by atoms with Crippen LogP contribution in [0.2, 0.25) is 0 Å². The Hall–Kier alpha value is -2.04. The summed E-state index contributed by atoms with van der Waals surface area (Å²) in [4.78, 5) is 0. The predicted molar refractivity (Wildman–Crippen MR) is 72.0 cm³/mol. The molecule has 3 rings (SSSR count). The molecule has 1 unspecified atom stereocenters. The van der Waals surface area contributed by atoms with Gasteiger partial charge in [-0.05, 0) is 30.4 Å². The minimum Gasteiger partial charge on any atom is -0.373 e. The number of anilines is 1. The van der Waals surface area contributed by atoms with Crippen LogP contribution in [-0.4, -0.2) is 0 Å². The van der Waals surface area contributed by atoms with E-state index in [-0.39, 0.29) is 12.1 Å². The SMILES string of the molecule is Fc1cc(F)c(F)c(NC2CCCc3ccccc32)c1F. The number of benzene rings is 2. The summed E-state index contributed by atoms with van der Waals surface area (Å²) in [6.07, 6.45) is 2.38. The van der Waals surface area contributed by atoms with Crippen molar-refractivity contribution in [1.29, 1.82) is 0 Å². The maximum Gasteiger partial charge on any atom is 0.185 e. The van der Waals surface area contributed by atoms with E-state index in [4.69, 9.17) is 0 Å². The highest BCUT2D eigenvalue weighted by molar-refractivity contribution is 5.50. The molecule has 0 fully saturated rings. The highest BCUT2D eigenvalue weighted by Gasteiger charge is 2.25. The maximum absolute atomic E-state index is 13.7. The van der Waals surface area contributed by atoms with E-state index in [0.29, 0.717) is 6.42 Å². The molecule has 1 nitrogen and oxygen atoms in total. The van der Waals surface area contributed by atoms with E-state index in [1.807, 2.05) is 24.3 Å². The molecule has 0 saturated carbocycles. The molecule has 110 valence electrons.